The maximum Gasteiger partial charge on any atom is 0.267 e. The van der Waals surface area contributed by atoms with E-state index in [-0.39, 0.29) is 29.7 Å². The molecule has 1 aromatic carbocycles. The number of likely N-dealkylation sites (N-methyl/N-ethyl adjacent to an activating group) is 1. The molecule has 7 nitrogen and oxygen atoms in total. The Hall–Kier alpha value is -2.45. The standard InChI is InChI=1S/C23H31FN4O3/c1-14-6-7-19(24)18-11-20(26-22(14)18)23(31)25-15-4-3-5-16(10-15)28-9-8-17(12-28)27(2)21(30)13-29/h6-7,11,15-17,26,29H,3-5,8-10,12-13H2,1-2H3,(H,25,31)/t15-,16-,17+/m1/s1. The van der Waals surface area contributed by atoms with E-state index in [4.69, 9.17) is 5.11 Å². The molecule has 0 bridgehead atoms. The quantitative estimate of drug-likeness (QED) is 0.679. The number of fused-ring (bicyclic) bond motifs is 1. The third-order valence-electron chi connectivity index (χ3n) is 6.96. The van der Waals surface area contributed by atoms with E-state index in [2.05, 4.69) is 15.2 Å². The first kappa shape index (κ1) is 21.8. The molecule has 1 saturated heterocycles. The van der Waals surface area contributed by atoms with E-state index >= 15 is 0 Å². The summed E-state index contributed by atoms with van der Waals surface area (Å²) in [6, 6.07) is 5.28. The van der Waals surface area contributed by atoms with Gasteiger partial charge in [-0.25, -0.2) is 4.39 Å². The second-order valence-electron chi connectivity index (χ2n) is 8.93. The number of aromatic nitrogens is 1. The van der Waals surface area contributed by atoms with Crippen LogP contribution in [-0.2, 0) is 4.79 Å². The van der Waals surface area contributed by atoms with Crippen molar-refractivity contribution in [3.8, 4) is 0 Å². The first-order valence-corrected chi connectivity index (χ1v) is 11.1. The molecule has 8 heteroatoms. The highest BCUT2D eigenvalue weighted by Crippen LogP contribution is 2.28. The van der Waals surface area contributed by atoms with Gasteiger partial charge in [-0.1, -0.05) is 6.07 Å². The van der Waals surface area contributed by atoms with Gasteiger partial charge in [0.15, 0.2) is 0 Å². The van der Waals surface area contributed by atoms with Crippen molar-refractivity contribution in [2.45, 2.75) is 57.2 Å². The van der Waals surface area contributed by atoms with E-state index in [0.717, 1.165) is 50.8 Å². The molecule has 2 aromatic rings. The topological polar surface area (TPSA) is 88.7 Å². The highest BCUT2D eigenvalue weighted by Gasteiger charge is 2.34. The van der Waals surface area contributed by atoms with E-state index in [1.54, 1.807) is 24.1 Å². The van der Waals surface area contributed by atoms with Gasteiger partial charge in [0.1, 0.15) is 18.1 Å². The maximum absolute atomic E-state index is 14.1. The zero-order valence-corrected chi connectivity index (χ0v) is 18.2. The van der Waals surface area contributed by atoms with Gasteiger partial charge in [-0.15, -0.1) is 0 Å². The van der Waals surface area contributed by atoms with Gasteiger partial charge in [-0.3, -0.25) is 14.5 Å². The monoisotopic (exact) mass is 430 g/mol. The van der Waals surface area contributed by atoms with Crippen LogP contribution < -0.4 is 5.32 Å². The smallest absolute Gasteiger partial charge is 0.267 e. The van der Waals surface area contributed by atoms with Gasteiger partial charge in [0.2, 0.25) is 5.91 Å². The lowest BCUT2D eigenvalue weighted by Crippen LogP contribution is -2.47. The summed E-state index contributed by atoms with van der Waals surface area (Å²) in [7, 11) is 1.75. The number of H-pyrrole nitrogens is 1. The van der Waals surface area contributed by atoms with Gasteiger partial charge >= 0.3 is 0 Å². The number of aliphatic hydroxyl groups excluding tert-OH is 1. The van der Waals surface area contributed by atoms with Crippen LogP contribution in [0, 0.1) is 12.7 Å². The van der Waals surface area contributed by atoms with Gasteiger partial charge in [0.25, 0.3) is 5.91 Å². The molecule has 2 fully saturated rings. The van der Waals surface area contributed by atoms with Crippen molar-refractivity contribution in [2.75, 3.05) is 26.7 Å². The summed E-state index contributed by atoms with van der Waals surface area (Å²) in [5.74, 6) is -0.777. The lowest BCUT2D eigenvalue weighted by atomic mass is 9.90. The predicted molar refractivity (Wildman–Crippen MR) is 116 cm³/mol. The number of halogens is 1. The van der Waals surface area contributed by atoms with E-state index in [1.165, 1.54) is 6.07 Å². The fraction of sp³-hybridized carbons (Fsp3) is 0.565. The lowest BCUT2D eigenvalue weighted by Gasteiger charge is -2.36. The van der Waals surface area contributed by atoms with Crippen LogP contribution in [0.5, 0.6) is 0 Å². The normalized spacial score (nSPS) is 24.5. The SMILES string of the molecule is Cc1ccc(F)c2cc(C(=O)N[C@@H]3CCC[C@@H](N4CC[C@H](N(C)C(=O)CO)C4)C3)[nH]c12. The minimum atomic E-state index is -0.457. The zero-order chi connectivity index (χ0) is 22.1. The molecule has 1 aliphatic carbocycles. The summed E-state index contributed by atoms with van der Waals surface area (Å²) in [5, 5.41) is 12.7. The van der Waals surface area contributed by atoms with Gasteiger partial charge < -0.3 is 20.3 Å². The van der Waals surface area contributed by atoms with Crippen molar-refractivity contribution in [3.05, 3.63) is 35.3 Å². The number of rotatable bonds is 5. The van der Waals surface area contributed by atoms with Crippen molar-refractivity contribution in [1.29, 1.82) is 0 Å². The molecule has 168 valence electrons. The molecule has 2 heterocycles. The number of likely N-dealkylation sites (tertiary alicyclic amines) is 1. The molecule has 1 aromatic heterocycles. The maximum atomic E-state index is 14.1. The van der Waals surface area contributed by atoms with Crippen LogP contribution in [-0.4, -0.2) is 76.6 Å². The molecule has 0 spiro atoms. The largest absolute Gasteiger partial charge is 0.387 e. The molecular weight excluding hydrogens is 399 g/mol. The van der Waals surface area contributed by atoms with Crippen LogP contribution in [0.25, 0.3) is 10.9 Å². The molecular formula is C23H31FN4O3. The number of aromatic amines is 1. The van der Waals surface area contributed by atoms with Gasteiger partial charge in [0, 0.05) is 43.6 Å². The molecule has 31 heavy (non-hydrogen) atoms. The lowest BCUT2D eigenvalue weighted by molar-refractivity contribution is -0.134. The molecule has 2 amide bonds. The average molecular weight is 431 g/mol. The number of benzene rings is 1. The van der Waals surface area contributed by atoms with Gasteiger partial charge in [-0.05, 0) is 56.7 Å². The second kappa shape index (κ2) is 8.96. The molecule has 0 radical (unpaired) electrons. The Morgan fingerprint density at radius 1 is 1.32 bits per heavy atom. The Kier molecular flexibility index (Phi) is 6.29. The second-order valence-corrected chi connectivity index (χ2v) is 8.93. The minimum Gasteiger partial charge on any atom is -0.387 e. The summed E-state index contributed by atoms with van der Waals surface area (Å²) < 4.78 is 14.1. The minimum absolute atomic E-state index is 0.0689. The van der Waals surface area contributed by atoms with Crippen LogP contribution in [0.15, 0.2) is 18.2 Å². The summed E-state index contributed by atoms with van der Waals surface area (Å²) in [6.45, 7) is 3.15. The van der Waals surface area contributed by atoms with Crippen LogP contribution in [0.2, 0.25) is 0 Å². The molecule has 1 aliphatic heterocycles. The van der Waals surface area contributed by atoms with E-state index in [1.807, 2.05) is 6.92 Å². The highest BCUT2D eigenvalue weighted by molar-refractivity contribution is 5.99. The third kappa shape index (κ3) is 4.45. The molecule has 3 N–H and O–H groups in total. The number of carbonyl (C=O) groups excluding carboxylic acids is 2. The van der Waals surface area contributed by atoms with Gasteiger partial charge in [-0.2, -0.15) is 0 Å². The summed E-state index contributed by atoms with van der Waals surface area (Å²) in [6.07, 6.45) is 4.80. The number of aliphatic hydroxyl groups is 1. The number of aryl methyl sites for hydroxylation is 1. The van der Waals surface area contributed by atoms with Gasteiger partial charge in [0.05, 0.1) is 5.52 Å². The Bertz CT molecular complexity index is 936. The number of amides is 2. The number of carbonyl (C=O) groups is 2. The first-order valence-electron chi connectivity index (χ1n) is 11.1. The average Bonchev–Trinajstić information content (AvgIpc) is 3.44. The number of nitrogens with zero attached hydrogens (tertiary/aromatic N) is 2. The summed E-state index contributed by atoms with van der Waals surface area (Å²) in [5.41, 5.74) is 1.95. The highest BCUT2D eigenvalue weighted by atomic mass is 19.1. The number of nitrogens with one attached hydrogen (secondary N) is 2. The Labute approximate surface area is 181 Å². The Morgan fingerprint density at radius 3 is 2.87 bits per heavy atom. The van der Waals surface area contributed by atoms with Crippen molar-refractivity contribution in [1.82, 2.24) is 20.1 Å². The van der Waals surface area contributed by atoms with Crippen LogP contribution in [0.4, 0.5) is 4.39 Å². The first-order chi connectivity index (χ1) is 14.9. The van der Waals surface area contributed by atoms with Crippen molar-refractivity contribution < 1.29 is 19.1 Å². The molecule has 3 atom stereocenters. The predicted octanol–water partition coefficient (Wildman–Crippen LogP) is 2.18. The summed E-state index contributed by atoms with van der Waals surface area (Å²) in [4.78, 5) is 31.8. The Morgan fingerprint density at radius 2 is 2.13 bits per heavy atom. The fourth-order valence-electron chi connectivity index (χ4n) is 5.07. The fourth-order valence-corrected chi connectivity index (χ4v) is 5.07. The van der Waals surface area contributed by atoms with Crippen LogP contribution in [0.1, 0.15) is 48.2 Å². The molecule has 2 aliphatic rings. The van der Waals surface area contributed by atoms with Crippen LogP contribution in [0.3, 0.4) is 0 Å². The van der Waals surface area contributed by atoms with E-state index in [0.29, 0.717) is 22.6 Å². The van der Waals surface area contributed by atoms with E-state index < -0.39 is 6.61 Å². The number of hydrogen-bond donors (Lipinski definition) is 3. The molecule has 4 rings (SSSR count). The molecule has 1 saturated carbocycles. The van der Waals surface area contributed by atoms with E-state index in [9.17, 15) is 14.0 Å². The Balaban J connectivity index is 1.37. The van der Waals surface area contributed by atoms with Crippen LogP contribution >= 0.6 is 0 Å². The summed E-state index contributed by atoms with van der Waals surface area (Å²) >= 11 is 0. The van der Waals surface area contributed by atoms with Crippen molar-refractivity contribution >= 4 is 22.7 Å². The third-order valence-corrected chi connectivity index (χ3v) is 6.96. The zero-order valence-electron chi connectivity index (χ0n) is 18.2. The number of hydrogen-bond acceptors (Lipinski definition) is 4. The molecule has 0 unspecified atom stereocenters. The van der Waals surface area contributed by atoms with Crippen molar-refractivity contribution in [2.24, 2.45) is 0 Å². The van der Waals surface area contributed by atoms with Crippen molar-refractivity contribution in [3.63, 3.8) is 0 Å².